The molecular formula is C18H27ClN4O2. The largest absolute Gasteiger partial charge is 0.349 e. The molecular weight excluding hydrogens is 340 g/mol. The third kappa shape index (κ3) is 5.34. The fourth-order valence-electron chi connectivity index (χ4n) is 3.58. The molecule has 3 rings (SSSR count). The zero-order chi connectivity index (χ0) is 17.1. The van der Waals surface area contributed by atoms with E-state index in [4.69, 9.17) is 0 Å². The topological polar surface area (TPSA) is 82.3 Å². The van der Waals surface area contributed by atoms with E-state index >= 15 is 0 Å². The molecule has 0 radical (unpaired) electrons. The number of halogens is 1. The van der Waals surface area contributed by atoms with Gasteiger partial charge in [0.2, 0.25) is 0 Å². The standard InChI is InChI=1S/C18H26N4O2.ClH/c1-11(2)19-18(24)22-13-5-3-12(4-6-13)17(23)21-16-9-14-7-8-15(10-16)20-14;/h3-6,11,14-16,20H,7-10H2,1-2H3,(H,21,23)(H2,19,22,24);1H. The second kappa shape index (κ2) is 8.54. The van der Waals surface area contributed by atoms with E-state index in [1.165, 1.54) is 12.8 Å². The molecule has 2 bridgehead atoms. The number of hydrogen-bond acceptors (Lipinski definition) is 3. The second-order valence-electron chi connectivity index (χ2n) is 7.11. The third-order valence-electron chi connectivity index (χ3n) is 4.63. The lowest BCUT2D eigenvalue weighted by Gasteiger charge is -2.29. The molecule has 25 heavy (non-hydrogen) atoms. The summed E-state index contributed by atoms with van der Waals surface area (Å²) in [6.07, 6.45) is 4.46. The van der Waals surface area contributed by atoms with Crippen molar-refractivity contribution in [3.05, 3.63) is 29.8 Å². The van der Waals surface area contributed by atoms with Gasteiger partial charge >= 0.3 is 6.03 Å². The monoisotopic (exact) mass is 366 g/mol. The number of rotatable bonds is 4. The fourth-order valence-corrected chi connectivity index (χ4v) is 3.58. The number of carbonyl (C=O) groups is 2. The predicted molar refractivity (Wildman–Crippen MR) is 101 cm³/mol. The van der Waals surface area contributed by atoms with Crippen LogP contribution in [-0.2, 0) is 0 Å². The molecule has 0 aliphatic carbocycles. The molecule has 7 heteroatoms. The van der Waals surface area contributed by atoms with Crippen LogP contribution in [0.3, 0.4) is 0 Å². The van der Waals surface area contributed by atoms with E-state index in [1.54, 1.807) is 24.3 Å². The number of benzene rings is 1. The summed E-state index contributed by atoms with van der Waals surface area (Å²) < 4.78 is 0. The maximum Gasteiger partial charge on any atom is 0.319 e. The highest BCUT2D eigenvalue weighted by atomic mass is 35.5. The van der Waals surface area contributed by atoms with Crippen LogP contribution in [0.4, 0.5) is 10.5 Å². The SMILES string of the molecule is CC(C)NC(=O)Nc1ccc(C(=O)NC2CC3CCC(C2)N3)cc1.Cl. The van der Waals surface area contributed by atoms with Gasteiger partial charge in [0.1, 0.15) is 0 Å². The molecule has 138 valence electrons. The van der Waals surface area contributed by atoms with Crippen LogP contribution < -0.4 is 21.3 Å². The Balaban J connectivity index is 0.00000225. The van der Waals surface area contributed by atoms with E-state index in [9.17, 15) is 9.59 Å². The summed E-state index contributed by atoms with van der Waals surface area (Å²) in [5.74, 6) is -0.0421. The first-order valence-electron chi connectivity index (χ1n) is 8.74. The van der Waals surface area contributed by atoms with Crippen molar-refractivity contribution in [1.29, 1.82) is 0 Å². The number of anilines is 1. The zero-order valence-electron chi connectivity index (χ0n) is 14.7. The van der Waals surface area contributed by atoms with E-state index in [1.807, 2.05) is 13.8 Å². The minimum Gasteiger partial charge on any atom is -0.349 e. The molecule has 0 saturated carbocycles. The number of fused-ring (bicyclic) bond motifs is 2. The number of nitrogens with one attached hydrogen (secondary N) is 4. The van der Waals surface area contributed by atoms with Crippen LogP contribution in [0.25, 0.3) is 0 Å². The Bertz CT molecular complexity index is 594. The summed E-state index contributed by atoms with van der Waals surface area (Å²) in [5.41, 5.74) is 1.29. The van der Waals surface area contributed by atoms with Crippen molar-refractivity contribution >= 4 is 30.0 Å². The van der Waals surface area contributed by atoms with E-state index in [0.29, 0.717) is 23.3 Å². The Morgan fingerprint density at radius 1 is 1.08 bits per heavy atom. The number of amides is 3. The Morgan fingerprint density at radius 3 is 2.24 bits per heavy atom. The average Bonchev–Trinajstić information content (AvgIpc) is 2.86. The molecule has 2 aliphatic heterocycles. The van der Waals surface area contributed by atoms with Gasteiger partial charge in [0, 0.05) is 35.4 Å². The quantitative estimate of drug-likeness (QED) is 0.661. The summed E-state index contributed by atoms with van der Waals surface area (Å²) in [6.45, 7) is 3.81. The molecule has 2 fully saturated rings. The van der Waals surface area contributed by atoms with E-state index in [-0.39, 0.29) is 36.4 Å². The van der Waals surface area contributed by atoms with E-state index in [2.05, 4.69) is 21.3 Å². The van der Waals surface area contributed by atoms with Gasteiger partial charge in [0.05, 0.1) is 0 Å². The van der Waals surface area contributed by atoms with E-state index < -0.39 is 0 Å². The number of carbonyl (C=O) groups excluding carboxylic acids is 2. The molecule has 2 heterocycles. The summed E-state index contributed by atoms with van der Waals surface area (Å²) in [7, 11) is 0. The van der Waals surface area contributed by atoms with Crippen LogP contribution in [0.1, 0.15) is 49.9 Å². The van der Waals surface area contributed by atoms with Gasteiger partial charge in [-0.1, -0.05) is 0 Å². The van der Waals surface area contributed by atoms with Crippen LogP contribution in [-0.4, -0.2) is 36.1 Å². The molecule has 3 amide bonds. The van der Waals surface area contributed by atoms with Gasteiger partial charge < -0.3 is 21.3 Å². The highest BCUT2D eigenvalue weighted by Gasteiger charge is 2.34. The van der Waals surface area contributed by atoms with Crippen molar-refractivity contribution in [2.75, 3.05) is 5.32 Å². The van der Waals surface area contributed by atoms with Crippen LogP contribution in [0.2, 0.25) is 0 Å². The summed E-state index contributed by atoms with van der Waals surface area (Å²) in [4.78, 5) is 24.1. The maximum atomic E-state index is 12.4. The Kier molecular flexibility index (Phi) is 6.67. The van der Waals surface area contributed by atoms with Crippen molar-refractivity contribution < 1.29 is 9.59 Å². The molecule has 0 spiro atoms. The number of piperidine rings is 1. The lowest BCUT2D eigenvalue weighted by molar-refractivity contribution is 0.0924. The molecule has 4 N–H and O–H groups in total. The lowest BCUT2D eigenvalue weighted by Crippen LogP contribution is -2.48. The Labute approximate surface area is 154 Å². The molecule has 2 unspecified atom stereocenters. The van der Waals surface area contributed by atoms with Gasteiger partial charge in [-0.2, -0.15) is 0 Å². The van der Waals surface area contributed by atoms with Crippen LogP contribution >= 0.6 is 12.4 Å². The highest BCUT2D eigenvalue weighted by molar-refractivity contribution is 5.95. The van der Waals surface area contributed by atoms with Gasteiger partial charge in [-0.15, -0.1) is 12.4 Å². The van der Waals surface area contributed by atoms with Gasteiger partial charge in [0.15, 0.2) is 0 Å². The van der Waals surface area contributed by atoms with Crippen molar-refractivity contribution in [2.24, 2.45) is 0 Å². The predicted octanol–water partition coefficient (Wildman–Crippen LogP) is 2.65. The minimum absolute atomic E-state index is 0. The minimum atomic E-state index is -0.243. The Hall–Kier alpha value is -1.79. The van der Waals surface area contributed by atoms with Crippen molar-refractivity contribution in [3.63, 3.8) is 0 Å². The smallest absolute Gasteiger partial charge is 0.319 e. The van der Waals surface area contributed by atoms with Crippen LogP contribution in [0, 0.1) is 0 Å². The molecule has 1 aromatic rings. The maximum absolute atomic E-state index is 12.4. The van der Waals surface area contributed by atoms with Gasteiger partial charge in [-0.3, -0.25) is 4.79 Å². The molecule has 6 nitrogen and oxygen atoms in total. The van der Waals surface area contributed by atoms with Crippen molar-refractivity contribution in [2.45, 2.75) is 63.7 Å². The molecule has 2 saturated heterocycles. The van der Waals surface area contributed by atoms with Crippen molar-refractivity contribution in [3.8, 4) is 0 Å². The summed E-state index contributed by atoms with van der Waals surface area (Å²) >= 11 is 0. The first-order chi connectivity index (χ1) is 11.5. The van der Waals surface area contributed by atoms with Crippen LogP contribution in [0.5, 0.6) is 0 Å². The first-order valence-corrected chi connectivity index (χ1v) is 8.74. The normalized spacial score (nSPS) is 24.4. The first kappa shape index (κ1) is 19.5. The summed E-state index contributed by atoms with van der Waals surface area (Å²) in [5, 5.41) is 12.2. The molecule has 2 atom stereocenters. The fraction of sp³-hybridized carbons (Fsp3) is 0.556. The molecule has 1 aromatic carbocycles. The van der Waals surface area contributed by atoms with Gasteiger partial charge in [-0.25, -0.2) is 4.79 Å². The van der Waals surface area contributed by atoms with Crippen molar-refractivity contribution in [1.82, 2.24) is 16.0 Å². The third-order valence-corrected chi connectivity index (χ3v) is 4.63. The summed E-state index contributed by atoms with van der Waals surface area (Å²) in [6, 6.07) is 8.20. The van der Waals surface area contributed by atoms with Gasteiger partial charge in [-0.05, 0) is 63.8 Å². The van der Waals surface area contributed by atoms with Gasteiger partial charge in [0.25, 0.3) is 5.91 Å². The molecule has 2 aliphatic rings. The lowest BCUT2D eigenvalue weighted by atomic mass is 9.99. The number of urea groups is 1. The number of hydrogen-bond donors (Lipinski definition) is 4. The second-order valence-corrected chi connectivity index (χ2v) is 7.11. The average molecular weight is 367 g/mol. The van der Waals surface area contributed by atoms with E-state index in [0.717, 1.165) is 12.8 Å². The highest BCUT2D eigenvalue weighted by Crippen LogP contribution is 2.27. The zero-order valence-corrected chi connectivity index (χ0v) is 15.5. The Morgan fingerprint density at radius 2 is 1.68 bits per heavy atom. The molecule has 0 aromatic heterocycles. The van der Waals surface area contributed by atoms with Crippen LogP contribution in [0.15, 0.2) is 24.3 Å².